The van der Waals surface area contributed by atoms with Crippen LogP contribution >= 0.6 is 23.5 Å². The highest BCUT2D eigenvalue weighted by atomic mass is 32.2. The van der Waals surface area contributed by atoms with Gasteiger partial charge in [-0.15, -0.1) is 0 Å². The third kappa shape index (κ3) is 7.45. The van der Waals surface area contributed by atoms with Crippen molar-refractivity contribution in [2.24, 2.45) is 0 Å². The topological polar surface area (TPSA) is 0 Å². The Bertz CT molecular complexity index is 855. The van der Waals surface area contributed by atoms with Gasteiger partial charge in [0.05, 0.1) is 0 Å². The molecule has 0 radical (unpaired) electrons. The van der Waals surface area contributed by atoms with E-state index in [-0.39, 0.29) is 0 Å². The first-order chi connectivity index (χ1) is 14.4. The van der Waals surface area contributed by atoms with Gasteiger partial charge in [-0.05, 0) is 42.7 Å². The molecule has 3 aromatic carbocycles. The first-order valence-corrected chi connectivity index (χ1v) is 12.2. The van der Waals surface area contributed by atoms with Gasteiger partial charge in [0.2, 0.25) is 0 Å². The van der Waals surface area contributed by atoms with Crippen LogP contribution in [0.2, 0.25) is 0 Å². The Balaban J connectivity index is 1.92. The molecular weight excluding hydrogens is 388 g/mol. The second-order valence-corrected chi connectivity index (χ2v) is 9.36. The van der Waals surface area contributed by atoms with Gasteiger partial charge in [0.15, 0.2) is 0 Å². The summed E-state index contributed by atoms with van der Waals surface area (Å²) in [6.45, 7) is 2.28. The van der Waals surface area contributed by atoms with Gasteiger partial charge in [-0.3, -0.25) is 0 Å². The van der Waals surface area contributed by atoms with E-state index in [9.17, 15) is 0 Å². The lowest BCUT2D eigenvalue weighted by Crippen LogP contribution is -1.89. The minimum absolute atomic E-state index is 1.13. The number of allylic oxidation sites excluding steroid dienone is 1. The van der Waals surface area contributed by atoms with Crippen molar-refractivity contribution in [3.8, 4) is 0 Å². The molecule has 0 bridgehead atoms. The quantitative estimate of drug-likeness (QED) is 0.225. The van der Waals surface area contributed by atoms with Gasteiger partial charge in [0.1, 0.15) is 0 Å². The van der Waals surface area contributed by atoms with E-state index in [1.54, 1.807) is 0 Å². The Hall–Kier alpha value is -1.90. The Kier molecular flexibility index (Phi) is 9.49. The molecule has 0 aliphatic carbocycles. The first-order valence-electron chi connectivity index (χ1n) is 10.6. The average molecular weight is 419 g/mol. The summed E-state index contributed by atoms with van der Waals surface area (Å²) in [5.74, 6) is 0. The maximum atomic E-state index is 2.28. The predicted octanol–water partition coefficient (Wildman–Crippen LogP) is 9.30. The lowest BCUT2D eigenvalue weighted by atomic mass is 10.1. The normalized spacial score (nSPS) is 11.9. The zero-order chi connectivity index (χ0) is 20.2. The van der Waals surface area contributed by atoms with E-state index >= 15 is 0 Å². The molecule has 3 aromatic rings. The molecule has 0 amide bonds. The minimum Gasteiger partial charge on any atom is -0.0934 e. The van der Waals surface area contributed by atoms with Crippen molar-refractivity contribution < 1.29 is 0 Å². The fraction of sp³-hybridized carbons (Fsp3) is 0.259. The monoisotopic (exact) mass is 418 g/mol. The molecule has 2 heteroatoms. The summed E-state index contributed by atoms with van der Waals surface area (Å²) < 4.78 is 0. The van der Waals surface area contributed by atoms with Crippen LogP contribution < -0.4 is 0 Å². The number of benzene rings is 3. The smallest absolute Gasteiger partial charge is 0.0293 e. The molecule has 0 unspecified atom stereocenters. The van der Waals surface area contributed by atoms with Gasteiger partial charge in [0, 0.05) is 19.6 Å². The second kappa shape index (κ2) is 12.6. The van der Waals surface area contributed by atoms with Gasteiger partial charge in [-0.1, -0.05) is 123 Å². The zero-order valence-electron chi connectivity index (χ0n) is 17.2. The lowest BCUT2D eigenvalue weighted by molar-refractivity contribution is 0.636. The van der Waals surface area contributed by atoms with Crippen molar-refractivity contribution in [2.45, 2.75) is 55.2 Å². The third-order valence-corrected chi connectivity index (χ3v) is 7.23. The van der Waals surface area contributed by atoms with Gasteiger partial charge in [-0.2, -0.15) is 0 Å². The number of hydrogen-bond acceptors (Lipinski definition) is 2. The Labute approximate surface area is 184 Å². The standard InChI is InChI=1S/C27H30S2/c1-2-3-4-5-15-22-26(28-24-18-11-7-12-19-24)27(23-16-9-6-10-17-23)29-25-20-13-8-14-21-25/h6-14,16-21H,2-5,15,22H2,1H3/b27-26+. The Morgan fingerprint density at radius 1 is 0.586 bits per heavy atom. The first kappa shape index (κ1) is 21.8. The number of hydrogen-bond donors (Lipinski definition) is 0. The van der Waals surface area contributed by atoms with Crippen molar-refractivity contribution in [3.63, 3.8) is 0 Å². The summed E-state index contributed by atoms with van der Waals surface area (Å²) in [4.78, 5) is 5.48. The summed E-state index contributed by atoms with van der Waals surface area (Å²) in [5, 5.41) is 0. The lowest BCUT2D eigenvalue weighted by Gasteiger charge is -2.16. The maximum Gasteiger partial charge on any atom is 0.0293 e. The van der Waals surface area contributed by atoms with Gasteiger partial charge >= 0.3 is 0 Å². The van der Waals surface area contributed by atoms with E-state index < -0.39 is 0 Å². The summed E-state index contributed by atoms with van der Waals surface area (Å²) >= 11 is 3.83. The number of unbranched alkanes of at least 4 members (excludes halogenated alkanes) is 4. The summed E-state index contributed by atoms with van der Waals surface area (Å²) in [6, 6.07) is 32.4. The average Bonchev–Trinajstić information content (AvgIpc) is 2.79. The van der Waals surface area contributed by atoms with E-state index in [4.69, 9.17) is 0 Å². The van der Waals surface area contributed by atoms with Gasteiger partial charge in [0.25, 0.3) is 0 Å². The van der Waals surface area contributed by atoms with E-state index in [0.29, 0.717) is 0 Å². The summed E-state index contributed by atoms with van der Waals surface area (Å²) in [7, 11) is 0. The van der Waals surface area contributed by atoms with Crippen LogP contribution in [0.15, 0.2) is 106 Å². The second-order valence-electron chi connectivity index (χ2n) is 7.11. The molecule has 150 valence electrons. The molecule has 0 nitrogen and oxygen atoms in total. The highest BCUT2D eigenvalue weighted by molar-refractivity contribution is 8.10. The van der Waals surface area contributed by atoms with E-state index in [0.717, 1.165) is 6.42 Å². The molecule has 0 aromatic heterocycles. The molecule has 0 fully saturated rings. The fourth-order valence-corrected chi connectivity index (χ4v) is 5.49. The van der Waals surface area contributed by atoms with Crippen LogP contribution in [0.5, 0.6) is 0 Å². The molecule has 0 saturated carbocycles. The molecule has 0 atom stereocenters. The number of thioether (sulfide) groups is 2. The minimum atomic E-state index is 1.13. The van der Waals surface area contributed by atoms with Crippen LogP contribution in [0.1, 0.15) is 51.0 Å². The van der Waals surface area contributed by atoms with Crippen LogP contribution in [-0.2, 0) is 0 Å². The molecule has 0 saturated heterocycles. The van der Waals surface area contributed by atoms with Crippen LogP contribution in [0.25, 0.3) is 4.91 Å². The summed E-state index contributed by atoms with van der Waals surface area (Å²) in [5.41, 5.74) is 1.31. The van der Waals surface area contributed by atoms with Crippen molar-refractivity contribution >= 4 is 28.4 Å². The molecule has 0 aliphatic heterocycles. The van der Waals surface area contributed by atoms with Crippen molar-refractivity contribution in [2.75, 3.05) is 0 Å². The largest absolute Gasteiger partial charge is 0.0934 e. The van der Waals surface area contributed by atoms with E-state index in [1.165, 1.54) is 57.3 Å². The van der Waals surface area contributed by atoms with Crippen LogP contribution in [0.3, 0.4) is 0 Å². The van der Waals surface area contributed by atoms with E-state index in [1.807, 2.05) is 23.5 Å². The fourth-order valence-electron chi connectivity index (χ4n) is 3.20. The highest BCUT2D eigenvalue weighted by Gasteiger charge is 2.13. The molecule has 0 N–H and O–H groups in total. The van der Waals surface area contributed by atoms with Crippen LogP contribution in [0, 0.1) is 0 Å². The molecule has 0 heterocycles. The van der Waals surface area contributed by atoms with Gasteiger partial charge in [-0.25, -0.2) is 0 Å². The highest BCUT2D eigenvalue weighted by Crippen LogP contribution is 2.44. The van der Waals surface area contributed by atoms with Crippen molar-refractivity contribution in [1.82, 2.24) is 0 Å². The van der Waals surface area contributed by atoms with Crippen LogP contribution in [0.4, 0.5) is 0 Å². The predicted molar refractivity (Wildman–Crippen MR) is 131 cm³/mol. The van der Waals surface area contributed by atoms with Crippen molar-refractivity contribution in [3.05, 3.63) is 101 Å². The van der Waals surface area contributed by atoms with E-state index in [2.05, 4.69) is 97.9 Å². The molecule has 29 heavy (non-hydrogen) atoms. The number of rotatable bonds is 11. The Morgan fingerprint density at radius 2 is 1.10 bits per heavy atom. The van der Waals surface area contributed by atoms with Crippen molar-refractivity contribution in [1.29, 1.82) is 0 Å². The van der Waals surface area contributed by atoms with Gasteiger partial charge < -0.3 is 0 Å². The molecular formula is C27H30S2. The zero-order valence-corrected chi connectivity index (χ0v) is 18.9. The Morgan fingerprint density at radius 3 is 1.69 bits per heavy atom. The SMILES string of the molecule is CCCCCCC/C(Sc1ccccc1)=C(\Sc1ccccc1)c1ccccc1. The molecule has 3 rings (SSSR count). The molecule has 0 spiro atoms. The van der Waals surface area contributed by atoms with Crippen LogP contribution in [-0.4, -0.2) is 0 Å². The summed E-state index contributed by atoms with van der Waals surface area (Å²) in [6.07, 6.45) is 7.67. The third-order valence-electron chi connectivity index (χ3n) is 4.74. The molecule has 0 aliphatic rings. The maximum absolute atomic E-state index is 2.28.